The molecular formula is C16H22Cl2N2O. The molecule has 1 aliphatic heterocycles. The van der Waals surface area contributed by atoms with Crippen molar-refractivity contribution < 1.29 is 4.79 Å². The van der Waals surface area contributed by atoms with Crippen LogP contribution in [0.1, 0.15) is 37.7 Å². The molecule has 1 heterocycles. The summed E-state index contributed by atoms with van der Waals surface area (Å²) >= 11 is 11.9. The van der Waals surface area contributed by atoms with E-state index in [4.69, 9.17) is 23.2 Å². The van der Waals surface area contributed by atoms with Gasteiger partial charge in [-0.25, -0.2) is 0 Å². The van der Waals surface area contributed by atoms with Crippen LogP contribution in [0.3, 0.4) is 0 Å². The fourth-order valence-corrected chi connectivity index (χ4v) is 2.98. The van der Waals surface area contributed by atoms with Gasteiger partial charge in [-0.15, -0.1) is 0 Å². The minimum atomic E-state index is 0.174. The Morgan fingerprint density at radius 3 is 2.81 bits per heavy atom. The summed E-state index contributed by atoms with van der Waals surface area (Å²) in [5.41, 5.74) is 0.996. The highest BCUT2D eigenvalue weighted by Gasteiger charge is 2.16. The number of hydrogen-bond acceptors (Lipinski definition) is 2. The van der Waals surface area contributed by atoms with Gasteiger partial charge in [0.05, 0.1) is 10.0 Å². The van der Waals surface area contributed by atoms with Gasteiger partial charge < -0.3 is 10.2 Å². The van der Waals surface area contributed by atoms with Gasteiger partial charge in [-0.1, -0.05) is 35.7 Å². The first-order chi connectivity index (χ1) is 10.1. The van der Waals surface area contributed by atoms with Crippen molar-refractivity contribution >= 4 is 29.1 Å². The van der Waals surface area contributed by atoms with Gasteiger partial charge in [-0.3, -0.25) is 4.79 Å². The first-order valence-electron chi connectivity index (χ1n) is 7.47. The molecule has 1 unspecified atom stereocenters. The summed E-state index contributed by atoms with van der Waals surface area (Å²) in [5.74, 6) is 0.174. The van der Waals surface area contributed by atoms with E-state index in [1.807, 2.05) is 19.2 Å². The number of benzene rings is 1. The minimum absolute atomic E-state index is 0.174. The lowest BCUT2D eigenvalue weighted by molar-refractivity contribution is -0.130. The molecule has 5 heteroatoms. The Hall–Kier alpha value is -0.770. The third-order valence-corrected chi connectivity index (χ3v) is 4.69. The van der Waals surface area contributed by atoms with Crippen molar-refractivity contribution in [3.63, 3.8) is 0 Å². The second-order valence-electron chi connectivity index (χ2n) is 5.68. The normalized spacial score (nSPS) is 18.5. The number of carbonyl (C=O) groups excluding carboxylic acids is 1. The molecule has 1 N–H and O–H groups in total. The zero-order chi connectivity index (χ0) is 15.2. The highest BCUT2D eigenvalue weighted by molar-refractivity contribution is 6.42. The van der Waals surface area contributed by atoms with E-state index in [0.29, 0.717) is 29.1 Å². The molecule has 0 bridgehead atoms. The molecule has 0 radical (unpaired) electrons. The lowest BCUT2D eigenvalue weighted by atomic mass is 10.0. The molecule has 0 spiro atoms. The Bertz CT molecular complexity index is 487. The lowest BCUT2D eigenvalue weighted by Crippen LogP contribution is -2.35. The van der Waals surface area contributed by atoms with Crippen molar-refractivity contribution in [2.24, 2.45) is 0 Å². The average Bonchev–Trinajstić information content (AvgIpc) is 2.49. The van der Waals surface area contributed by atoms with Crippen LogP contribution in [0.2, 0.25) is 10.0 Å². The van der Waals surface area contributed by atoms with Gasteiger partial charge >= 0.3 is 0 Å². The van der Waals surface area contributed by atoms with Crippen molar-refractivity contribution in [1.82, 2.24) is 10.2 Å². The number of hydrogen-bond donors (Lipinski definition) is 1. The number of nitrogens with one attached hydrogen (secondary N) is 1. The predicted molar refractivity (Wildman–Crippen MR) is 87.8 cm³/mol. The largest absolute Gasteiger partial charge is 0.341 e. The molecule has 0 aromatic heterocycles. The van der Waals surface area contributed by atoms with Gasteiger partial charge in [0.2, 0.25) is 5.91 Å². The molecule has 116 valence electrons. The summed E-state index contributed by atoms with van der Waals surface area (Å²) in [6.07, 6.45) is 5.22. The summed E-state index contributed by atoms with van der Waals surface area (Å²) in [7, 11) is 1.83. The molecule has 1 saturated heterocycles. The molecule has 1 aromatic rings. The van der Waals surface area contributed by atoms with E-state index < -0.39 is 0 Å². The SMILES string of the molecule is CN(Cc1ccc(Cl)c(Cl)c1)C(=O)CCC1CCCCN1. The van der Waals surface area contributed by atoms with Gasteiger partial charge in [-0.05, 0) is 43.5 Å². The summed E-state index contributed by atoms with van der Waals surface area (Å²) < 4.78 is 0. The number of piperidine rings is 1. The fourth-order valence-electron chi connectivity index (χ4n) is 2.66. The van der Waals surface area contributed by atoms with Gasteiger partial charge in [0.25, 0.3) is 0 Å². The molecule has 0 saturated carbocycles. The topological polar surface area (TPSA) is 32.3 Å². The third kappa shape index (κ3) is 5.17. The first kappa shape index (κ1) is 16.6. The van der Waals surface area contributed by atoms with Crippen molar-refractivity contribution in [2.45, 2.75) is 44.7 Å². The smallest absolute Gasteiger partial charge is 0.222 e. The van der Waals surface area contributed by atoms with E-state index in [2.05, 4.69) is 5.32 Å². The van der Waals surface area contributed by atoms with Crippen molar-refractivity contribution in [3.05, 3.63) is 33.8 Å². The number of nitrogens with zero attached hydrogens (tertiary/aromatic N) is 1. The van der Waals surface area contributed by atoms with Gasteiger partial charge in [-0.2, -0.15) is 0 Å². The second kappa shape index (κ2) is 8.02. The number of carbonyl (C=O) groups is 1. The van der Waals surface area contributed by atoms with Gasteiger partial charge in [0, 0.05) is 26.1 Å². The first-order valence-corrected chi connectivity index (χ1v) is 8.23. The molecule has 1 amide bonds. The molecule has 2 rings (SSSR count). The molecule has 1 aliphatic rings. The van der Waals surface area contributed by atoms with Crippen LogP contribution in [-0.2, 0) is 11.3 Å². The Morgan fingerprint density at radius 2 is 2.14 bits per heavy atom. The second-order valence-corrected chi connectivity index (χ2v) is 6.50. The number of amides is 1. The third-order valence-electron chi connectivity index (χ3n) is 3.95. The Balaban J connectivity index is 1.79. The zero-order valence-corrected chi connectivity index (χ0v) is 13.9. The van der Waals surface area contributed by atoms with Crippen molar-refractivity contribution in [1.29, 1.82) is 0 Å². The minimum Gasteiger partial charge on any atom is -0.341 e. The molecule has 21 heavy (non-hydrogen) atoms. The molecule has 1 fully saturated rings. The highest BCUT2D eigenvalue weighted by Crippen LogP contribution is 2.23. The molecular weight excluding hydrogens is 307 g/mol. The maximum Gasteiger partial charge on any atom is 0.222 e. The van der Waals surface area contributed by atoms with E-state index >= 15 is 0 Å². The number of halogens is 2. The van der Waals surface area contributed by atoms with Crippen LogP contribution < -0.4 is 5.32 Å². The Kier molecular flexibility index (Phi) is 6.34. The maximum atomic E-state index is 12.2. The van der Waals surface area contributed by atoms with Crippen LogP contribution in [0.15, 0.2) is 18.2 Å². The standard InChI is InChI=1S/C16H22Cl2N2O/c1-20(11-12-5-7-14(17)15(18)10-12)16(21)8-6-13-4-2-3-9-19-13/h5,7,10,13,19H,2-4,6,8-9,11H2,1H3. The van der Waals surface area contributed by atoms with Crippen LogP contribution >= 0.6 is 23.2 Å². The van der Waals surface area contributed by atoms with Crippen molar-refractivity contribution in [2.75, 3.05) is 13.6 Å². The lowest BCUT2D eigenvalue weighted by Gasteiger charge is -2.24. The van der Waals surface area contributed by atoms with Crippen LogP contribution in [0, 0.1) is 0 Å². The predicted octanol–water partition coefficient (Wildman–Crippen LogP) is 3.87. The van der Waals surface area contributed by atoms with Crippen LogP contribution in [0.25, 0.3) is 0 Å². The van der Waals surface area contributed by atoms with E-state index in [1.165, 1.54) is 19.3 Å². The van der Waals surface area contributed by atoms with E-state index in [0.717, 1.165) is 18.5 Å². The van der Waals surface area contributed by atoms with E-state index in [-0.39, 0.29) is 5.91 Å². The fraction of sp³-hybridized carbons (Fsp3) is 0.562. The van der Waals surface area contributed by atoms with Crippen LogP contribution in [0.4, 0.5) is 0 Å². The quantitative estimate of drug-likeness (QED) is 0.889. The van der Waals surface area contributed by atoms with Gasteiger partial charge in [0.15, 0.2) is 0 Å². The summed E-state index contributed by atoms with van der Waals surface area (Å²) in [6.45, 7) is 1.64. The Morgan fingerprint density at radius 1 is 1.33 bits per heavy atom. The van der Waals surface area contributed by atoms with Crippen molar-refractivity contribution in [3.8, 4) is 0 Å². The molecule has 1 atom stereocenters. The molecule has 0 aliphatic carbocycles. The summed E-state index contributed by atoms with van der Waals surface area (Å²) in [6, 6.07) is 5.99. The zero-order valence-electron chi connectivity index (χ0n) is 12.4. The average molecular weight is 329 g/mol. The molecule has 1 aromatic carbocycles. The summed E-state index contributed by atoms with van der Waals surface area (Å²) in [4.78, 5) is 13.9. The van der Waals surface area contributed by atoms with E-state index in [9.17, 15) is 4.79 Å². The van der Waals surface area contributed by atoms with E-state index in [1.54, 1.807) is 11.0 Å². The maximum absolute atomic E-state index is 12.2. The van der Waals surface area contributed by atoms with Crippen LogP contribution in [0.5, 0.6) is 0 Å². The Labute approximate surface area is 136 Å². The van der Waals surface area contributed by atoms with Crippen LogP contribution in [-0.4, -0.2) is 30.4 Å². The highest BCUT2D eigenvalue weighted by atomic mass is 35.5. The summed E-state index contributed by atoms with van der Waals surface area (Å²) in [5, 5.41) is 4.54. The number of rotatable bonds is 5. The van der Waals surface area contributed by atoms with Gasteiger partial charge in [0.1, 0.15) is 0 Å². The molecule has 3 nitrogen and oxygen atoms in total. The monoisotopic (exact) mass is 328 g/mol.